The van der Waals surface area contributed by atoms with Gasteiger partial charge in [0.2, 0.25) is 0 Å². The van der Waals surface area contributed by atoms with Gasteiger partial charge in [-0.1, -0.05) is 13.8 Å². The summed E-state index contributed by atoms with van der Waals surface area (Å²) in [5.74, 6) is 0.925. The Morgan fingerprint density at radius 3 is 2.43 bits per heavy atom. The van der Waals surface area contributed by atoms with Gasteiger partial charge in [-0.25, -0.2) is 13.4 Å². The maximum atomic E-state index is 11.0. The number of aryl methyl sites for hydroxylation is 1. The minimum atomic E-state index is -3.71. The Hall–Kier alpha value is -0.550. The highest BCUT2D eigenvalue weighted by atomic mass is 35.7. The Morgan fingerprint density at radius 1 is 1.57 bits per heavy atom. The van der Waals surface area contributed by atoms with Crippen LogP contribution in [0.2, 0.25) is 0 Å². The normalized spacial score (nSPS) is 12.4. The predicted molar refractivity (Wildman–Crippen MR) is 55.0 cm³/mol. The van der Waals surface area contributed by atoms with Crippen molar-refractivity contribution in [1.82, 2.24) is 9.55 Å². The van der Waals surface area contributed by atoms with Gasteiger partial charge in [-0.2, -0.15) is 0 Å². The molecule has 80 valence electrons. The van der Waals surface area contributed by atoms with Crippen LogP contribution in [0.25, 0.3) is 0 Å². The van der Waals surface area contributed by atoms with Gasteiger partial charge in [0.05, 0.1) is 0 Å². The van der Waals surface area contributed by atoms with E-state index in [1.165, 1.54) is 6.20 Å². The predicted octanol–water partition coefficient (Wildman–Crippen LogP) is 1.95. The van der Waals surface area contributed by atoms with Gasteiger partial charge in [0.15, 0.2) is 5.03 Å². The number of hydrogen-bond donors (Lipinski definition) is 0. The minimum absolute atomic E-state index is 0.0651. The number of nitrogens with zero attached hydrogens (tertiary/aromatic N) is 2. The fourth-order valence-electron chi connectivity index (χ4n) is 1.24. The molecular weight excluding hydrogens is 224 g/mol. The molecule has 0 N–H and O–H groups in total. The molecule has 0 atom stereocenters. The second kappa shape index (κ2) is 3.90. The Labute approximate surface area is 88.3 Å². The fraction of sp³-hybridized carbons (Fsp3) is 0.625. The van der Waals surface area contributed by atoms with Crippen molar-refractivity contribution in [3.8, 4) is 0 Å². The standard InChI is InChI=1S/C8H13ClN2O2S/c1-4-11-5-7(14(9,12)13)10-8(11)6(2)3/h5-6H,4H2,1-3H3. The molecule has 0 fully saturated rings. The van der Waals surface area contributed by atoms with Crippen molar-refractivity contribution in [3.05, 3.63) is 12.0 Å². The molecule has 1 aromatic rings. The molecule has 1 rings (SSSR count). The summed E-state index contributed by atoms with van der Waals surface area (Å²) in [6.07, 6.45) is 1.47. The van der Waals surface area contributed by atoms with Gasteiger partial charge in [-0.15, -0.1) is 0 Å². The van der Waals surface area contributed by atoms with E-state index in [0.717, 1.165) is 5.82 Å². The van der Waals surface area contributed by atoms with Crippen LogP contribution in [-0.4, -0.2) is 18.0 Å². The zero-order valence-corrected chi connectivity index (χ0v) is 9.93. The van der Waals surface area contributed by atoms with Crippen LogP contribution in [0.15, 0.2) is 11.2 Å². The Balaban J connectivity index is 3.27. The lowest BCUT2D eigenvalue weighted by atomic mass is 10.2. The molecule has 0 amide bonds. The molecule has 0 unspecified atom stereocenters. The number of aromatic nitrogens is 2. The largest absolute Gasteiger partial charge is 0.334 e. The van der Waals surface area contributed by atoms with Crippen molar-refractivity contribution in [2.45, 2.75) is 38.3 Å². The molecule has 0 aliphatic rings. The van der Waals surface area contributed by atoms with Crippen LogP contribution in [-0.2, 0) is 15.6 Å². The van der Waals surface area contributed by atoms with Gasteiger partial charge >= 0.3 is 0 Å². The number of hydrogen-bond acceptors (Lipinski definition) is 3. The molecule has 4 nitrogen and oxygen atoms in total. The lowest BCUT2D eigenvalue weighted by molar-refractivity contribution is 0.606. The molecule has 6 heteroatoms. The summed E-state index contributed by atoms with van der Waals surface area (Å²) in [5, 5.41) is -0.0651. The van der Waals surface area contributed by atoms with E-state index in [9.17, 15) is 8.42 Å². The minimum Gasteiger partial charge on any atom is -0.334 e. The third kappa shape index (κ3) is 2.27. The molecule has 0 aliphatic carbocycles. The first-order chi connectivity index (χ1) is 6.36. The zero-order chi connectivity index (χ0) is 10.9. The third-order valence-corrected chi connectivity index (χ3v) is 3.06. The number of halogens is 1. The van der Waals surface area contributed by atoms with E-state index in [0.29, 0.717) is 6.54 Å². The van der Waals surface area contributed by atoms with E-state index >= 15 is 0 Å². The summed E-state index contributed by atoms with van der Waals surface area (Å²) >= 11 is 0. The van der Waals surface area contributed by atoms with Crippen LogP contribution >= 0.6 is 10.7 Å². The van der Waals surface area contributed by atoms with Crippen molar-refractivity contribution in [2.75, 3.05) is 0 Å². The second-order valence-corrected chi connectivity index (χ2v) is 5.83. The van der Waals surface area contributed by atoms with Gasteiger partial charge in [0.1, 0.15) is 5.82 Å². The van der Waals surface area contributed by atoms with Crippen molar-refractivity contribution < 1.29 is 8.42 Å². The van der Waals surface area contributed by atoms with Gasteiger partial charge in [0.25, 0.3) is 9.05 Å². The number of rotatable bonds is 3. The van der Waals surface area contributed by atoms with E-state index in [1.807, 2.05) is 20.8 Å². The molecule has 0 saturated carbocycles. The zero-order valence-electron chi connectivity index (χ0n) is 8.36. The molecule has 0 aromatic carbocycles. The highest BCUT2D eigenvalue weighted by molar-refractivity contribution is 8.13. The molecular formula is C8H13ClN2O2S. The summed E-state index contributed by atoms with van der Waals surface area (Å²) in [6, 6.07) is 0. The molecule has 0 bridgehead atoms. The molecule has 0 radical (unpaired) electrons. The van der Waals surface area contributed by atoms with Crippen LogP contribution in [0, 0.1) is 0 Å². The van der Waals surface area contributed by atoms with Gasteiger partial charge < -0.3 is 4.57 Å². The van der Waals surface area contributed by atoms with E-state index in [2.05, 4.69) is 4.98 Å². The van der Waals surface area contributed by atoms with E-state index in [-0.39, 0.29) is 10.9 Å². The SMILES string of the molecule is CCn1cc(S(=O)(=O)Cl)nc1C(C)C. The smallest absolute Gasteiger partial charge is 0.280 e. The van der Waals surface area contributed by atoms with Gasteiger partial charge in [-0.05, 0) is 6.92 Å². The number of imidazole rings is 1. The van der Waals surface area contributed by atoms with Crippen molar-refractivity contribution in [2.24, 2.45) is 0 Å². The van der Waals surface area contributed by atoms with Crippen molar-refractivity contribution >= 4 is 19.7 Å². The first kappa shape index (κ1) is 11.5. The molecule has 1 aromatic heterocycles. The maximum absolute atomic E-state index is 11.0. The molecule has 0 aliphatic heterocycles. The highest BCUT2D eigenvalue weighted by Gasteiger charge is 2.18. The first-order valence-corrected chi connectivity index (χ1v) is 6.69. The Kier molecular flexibility index (Phi) is 3.21. The lowest BCUT2D eigenvalue weighted by Crippen LogP contribution is -2.01. The average molecular weight is 237 g/mol. The van der Waals surface area contributed by atoms with Gasteiger partial charge in [-0.3, -0.25) is 0 Å². The van der Waals surface area contributed by atoms with Crippen LogP contribution in [0.5, 0.6) is 0 Å². The first-order valence-electron chi connectivity index (χ1n) is 4.38. The van der Waals surface area contributed by atoms with E-state index in [4.69, 9.17) is 10.7 Å². The molecule has 1 heterocycles. The van der Waals surface area contributed by atoms with Gasteiger partial charge in [0, 0.05) is 29.3 Å². The summed E-state index contributed by atoms with van der Waals surface area (Å²) in [5.41, 5.74) is 0. The Bertz CT molecular complexity index is 423. The monoisotopic (exact) mass is 236 g/mol. The second-order valence-electron chi connectivity index (χ2n) is 3.32. The van der Waals surface area contributed by atoms with Crippen molar-refractivity contribution in [3.63, 3.8) is 0 Å². The average Bonchev–Trinajstić information content (AvgIpc) is 2.45. The summed E-state index contributed by atoms with van der Waals surface area (Å²) in [7, 11) is 1.49. The van der Waals surface area contributed by atoms with Crippen LogP contribution < -0.4 is 0 Å². The molecule has 0 spiro atoms. The summed E-state index contributed by atoms with van der Waals surface area (Å²) < 4.78 is 23.8. The van der Waals surface area contributed by atoms with Crippen molar-refractivity contribution in [1.29, 1.82) is 0 Å². The Morgan fingerprint density at radius 2 is 2.14 bits per heavy atom. The summed E-state index contributed by atoms with van der Waals surface area (Å²) in [6.45, 7) is 6.53. The van der Waals surface area contributed by atoms with Crippen LogP contribution in [0.3, 0.4) is 0 Å². The third-order valence-electron chi connectivity index (χ3n) is 1.89. The molecule has 0 saturated heterocycles. The fourth-order valence-corrected chi connectivity index (χ4v) is 1.92. The topological polar surface area (TPSA) is 52.0 Å². The quantitative estimate of drug-likeness (QED) is 0.754. The summed E-state index contributed by atoms with van der Waals surface area (Å²) in [4.78, 5) is 3.99. The van der Waals surface area contributed by atoms with Crippen LogP contribution in [0.4, 0.5) is 0 Å². The highest BCUT2D eigenvalue weighted by Crippen LogP contribution is 2.19. The van der Waals surface area contributed by atoms with Crippen LogP contribution in [0.1, 0.15) is 32.5 Å². The lowest BCUT2D eigenvalue weighted by Gasteiger charge is -2.05. The van der Waals surface area contributed by atoms with E-state index in [1.54, 1.807) is 4.57 Å². The van der Waals surface area contributed by atoms with E-state index < -0.39 is 9.05 Å². The maximum Gasteiger partial charge on any atom is 0.280 e. The molecule has 14 heavy (non-hydrogen) atoms.